The molecule has 11 aromatic rings. The van der Waals surface area contributed by atoms with Crippen molar-refractivity contribution in [2.75, 3.05) is 0 Å². The lowest BCUT2D eigenvalue weighted by atomic mass is 9.97. The van der Waals surface area contributed by atoms with Crippen molar-refractivity contribution >= 4 is 65.4 Å². The van der Waals surface area contributed by atoms with E-state index in [1.54, 1.807) is 0 Å². The molecule has 5 heteroatoms. The summed E-state index contributed by atoms with van der Waals surface area (Å²) in [6, 6.07) is 65.9. The highest BCUT2D eigenvalue weighted by Gasteiger charge is 2.21. The molecule has 0 N–H and O–H groups in total. The maximum atomic E-state index is 10.6. The summed E-state index contributed by atoms with van der Waals surface area (Å²) in [7, 11) is 0. The molecule has 0 aliphatic rings. The maximum absolute atomic E-state index is 10.6. The first-order chi connectivity index (χ1) is 27.2. The Balaban J connectivity index is 1.15. The fourth-order valence-electron chi connectivity index (χ4n) is 8.86. The van der Waals surface area contributed by atoms with Gasteiger partial charge >= 0.3 is 0 Å². The zero-order chi connectivity index (χ0) is 36.6. The minimum atomic E-state index is 0.563. The van der Waals surface area contributed by atoms with E-state index in [4.69, 9.17) is 0 Å². The van der Waals surface area contributed by atoms with Crippen LogP contribution in [0.2, 0.25) is 0 Å². The van der Waals surface area contributed by atoms with Crippen LogP contribution in [0.4, 0.5) is 0 Å². The summed E-state index contributed by atoms with van der Waals surface area (Å²) < 4.78 is 6.85. The molecule has 11 rings (SSSR count). The second-order valence-electron chi connectivity index (χ2n) is 14.0. The van der Waals surface area contributed by atoms with Crippen LogP contribution in [0.1, 0.15) is 11.1 Å². The molecule has 0 aliphatic heterocycles. The Hall–Kier alpha value is -7.86. The van der Waals surface area contributed by atoms with Gasteiger partial charge in [-0.1, -0.05) is 103 Å². The van der Waals surface area contributed by atoms with E-state index in [1.165, 1.54) is 21.8 Å². The smallest absolute Gasteiger partial charge is 0.101 e. The molecule has 0 saturated heterocycles. The molecule has 0 amide bonds. The van der Waals surface area contributed by atoms with E-state index in [0.717, 1.165) is 71.8 Å². The molecule has 0 radical (unpaired) electrons. The van der Waals surface area contributed by atoms with Gasteiger partial charge in [0.25, 0.3) is 0 Å². The molecular formula is C50H29N5. The van der Waals surface area contributed by atoms with Crippen molar-refractivity contribution in [2.45, 2.75) is 0 Å². The first-order valence-electron chi connectivity index (χ1n) is 18.3. The van der Waals surface area contributed by atoms with Crippen molar-refractivity contribution < 1.29 is 0 Å². The highest BCUT2D eigenvalue weighted by Crippen LogP contribution is 2.41. The predicted octanol–water partition coefficient (Wildman–Crippen LogP) is 12.4. The summed E-state index contributed by atoms with van der Waals surface area (Å²) in [5.41, 5.74) is 12.2. The van der Waals surface area contributed by atoms with Gasteiger partial charge in [-0.05, 0) is 78.4 Å². The summed E-state index contributed by atoms with van der Waals surface area (Å²) in [6.07, 6.45) is 0. The summed E-state index contributed by atoms with van der Waals surface area (Å²) in [6.45, 7) is 0. The third-order valence-corrected chi connectivity index (χ3v) is 11.1. The Kier molecular flexibility index (Phi) is 6.61. The van der Waals surface area contributed by atoms with E-state index >= 15 is 0 Å². The lowest BCUT2D eigenvalue weighted by molar-refractivity contribution is 1.16. The number of nitriles is 2. The average molecular weight is 700 g/mol. The van der Waals surface area contributed by atoms with Crippen LogP contribution in [0.5, 0.6) is 0 Å². The predicted molar refractivity (Wildman–Crippen MR) is 224 cm³/mol. The Morgan fingerprint density at radius 1 is 0.345 bits per heavy atom. The average Bonchev–Trinajstić information content (AvgIpc) is 3.89. The molecule has 0 fully saturated rings. The van der Waals surface area contributed by atoms with Crippen LogP contribution in [-0.2, 0) is 0 Å². The van der Waals surface area contributed by atoms with E-state index in [1.807, 2.05) is 36.4 Å². The molecule has 0 bridgehead atoms. The van der Waals surface area contributed by atoms with Gasteiger partial charge < -0.3 is 13.7 Å². The standard InChI is InChI=1S/C50H29N5/c51-30-33-13-11-25-48(55-46-24-8-3-18-39(46)41-20-10-14-34(31-52)50(41)55)49(33)32-12-9-15-35(28-32)53-45-23-7-4-19-40(45)42-29-36(26-27-47(42)53)54-43-21-5-1-16-37(43)38-17-2-6-22-44(38)54/h1-29H. The van der Waals surface area contributed by atoms with Gasteiger partial charge in [0.2, 0.25) is 0 Å². The van der Waals surface area contributed by atoms with E-state index in [9.17, 15) is 10.5 Å². The minimum absolute atomic E-state index is 0.563. The lowest BCUT2D eigenvalue weighted by Gasteiger charge is -2.17. The molecule has 0 unspecified atom stereocenters. The maximum Gasteiger partial charge on any atom is 0.101 e. The van der Waals surface area contributed by atoms with Gasteiger partial charge in [-0.25, -0.2) is 0 Å². The first kappa shape index (κ1) is 30.7. The fraction of sp³-hybridized carbons (Fsp3) is 0. The van der Waals surface area contributed by atoms with E-state index < -0.39 is 0 Å². The molecule has 0 aliphatic carbocycles. The van der Waals surface area contributed by atoms with Gasteiger partial charge in [0.1, 0.15) is 6.07 Å². The van der Waals surface area contributed by atoms with Crippen LogP contribution in [0, 0.1) is 22.7 Å². The van der Waals surface area contributed by atoms with Crippen LogP contribution in [-0.4, -0.2) is 13.7 Å². The van der Waals surface area contributed by atoms with Gasteiger partial charge in [-0.3, -0.25) is 0 Å². The summed E-state index contributed by atoms with van der Waals surface area (Å²) in [5, 5.41) is 27.7. The van der Waals surface area contributed by atoms with Gasteiger partial charge in [0, 0.05) is 49.3 Å². The van der Waals surface area contributed by atoms with Crippen molar-refractivity contribution in [3.8, 4) is 40.3 Å². The molecule has 254 valence electrons. The van der Waals surface area contributed by atoms with Gasteiger partial charge in [-0.15, -0.1) is 0 Å². The minimum Gasteiger partial charge on any atom is -0.309 e. The SMILES string of the molecule is N#Cc1cccc(-n2c3ccccc3c3cccc(C#N)c32)c1-c1cccc(-n2c3ccccc3c3cc(-n4c5ccccc5c5ccccc54)ccc32)c1. The summed E-state index contributed by atoms with van der Waals surface area (Å²) in [4.78, 5) is 0. The molecule has 5 nitrogen and oxygen atoms in total. The monoisotopic (exact) mass is 699 g/mol. The van der Waals surface area contributed by atoms with Crippen LogP contribution < -0.4 is 0 Å². The van der Waals surface area contributed by atoms with E-state index in [2.05, 4.69) is 165 Å². The van der Waals surface area contributed by atoms with Gasteiger partial charge in [0.15, 0.2) is 0 Å². The van der Waals surface area contributed by atoms with Crippen molar-refractivity contribution in [3.05, 3.63) is 187 Å². The Morgan fingerprint density at radius 2 is 0.818 bits per heavy atom. The highest BCUT2D eigenvalue weighted by molar-refractivity contribution is 6.13. The normalized spacial score (nSPS) is 11.6. The first-order valence-corrected chi connectivity index (χ1v) is 18.3. The lowest BCUT2D eigenvalue weighted by Crippen LogP contribution is -2.01. The zero-order valence-electron chi connectivity index (χ0n) is 29.5. The Labute approximate surface area is 316 Å². The Morgan fingerprint density at radius 3 is 1.45 bits per heavy atom. The number of rotatable bonds is 4. The van der Waals surface area contributed by atoms with Crippen LogP contribution in [0.3, 0.4) is 0 Å². The third-order valence-electron chi connectivity index (χ3n) is 11.1. The van der Waals surface area contributed by atoms with Crippen molar-refractivity contribution in [2.24, 2.45) is 0 Å². The highest BCUT2D eigenvalue weighted by atomic mass is 15.0. The van der Waals surface area contributed by atoms with Crippen molar-refractivity contribution in [1.82, 2.24) is 13.7 Å². The zero-order valence-corrected chi connectivity index (χ0v) is 29.5. The van der Waals surface area contributed by atoms with E-state index in [-0.39, 0.29) is 0 Å². The van der Waals surface area contributed by atoms with Crippen LogP contribution in [0.15, 0.2) is 176 Å². The Bertz CT molecular complexity index is 3420. The number of fused-ring (bicyclic) bond motifs is 9. The molecule has 3 aromatic heterocycles. The van der Waals surface area contributed by atoms with Crippen molar-refractivity contribution in [3.63, 3.8) is 0 Å². The second kappa shape index (κ2) is 11.8. The van der Waals surface area contributed by atoms with Crippen LogP contribution >= 0.6 is 0 Å². The third kappa shape index (κ3) is 4.39. The number of hydrogen-bond acceptors (Lipinski definition) is 2. The number of nitrogens with zero attached hydrogens (tertiary/aromatic N) is 5. The number of aromatic nitrogens is 3. The second-order valence-corrected chi connectivity index (χ2v) is 14.0. The summed E-state index contributed by atoms with van der Waals surface area (Å²) >= 11 is 0. The fourth-order valence-corrected chi connectivity index (χ4v) is 8.86. The largest absolute Gasteiger partial charge is 0.309 e. The number of benzene rings is 8. The summed E-state index contributed by atoms with van der Waals surface area (Å²) in [5.74, 6) is 0. The van der Waals surface area contributed by atoms with E-state index in [0.29, 0.717) is 11.1 Å². The molecule has 0 atom stereocenters. The molecule has 55 heavy (non-hydrogen) atoms. The molecule has 0 saturated carbocycles. The van der Waals surface area contributed by atoms with Gasteiger partial charge in [-0.2, -0.15) is 10.5 Å². The quantitative estimate of drug-likeness (QED) is 0.184. The number of para-hydroxylation sites is 5. The van der Waals surface area contributed by atoms with Crippen LogP contribution in [0.25, 0.3) is 93.6 Å². The van der Waals surface area contributed by atoms with Crippen molar-refractivity contribution in [1.29, 1.82) is 10.5 Å². The molecule has 8 aromatic carbocycles. The molecule has 0 spiro atoms. The topological polar surface area (TPSA) is 62.4 Å². The number of hydrogen-bond donors (Lipinski definition) is 0. The molecule has 3 heterocycles. The molecular weight excluding hydrogens is 671 g/mol. The van der Waals surface area contributed by atoms with Gasteiger partial charge in [0.05, 0.1) is 56.0 Å².